The lowest BCUT2D eigenvalue weighted by atomic mass is 10.2. The summed E-state index contributed by atoms with van der Waals surface area (Å²) in [5.41, 5.74) is 0. The van der Waals surface area contributed by atoms with Crippen molar-refractivity contribution in [3.63, 3.8) is 0 Å². The SMILES string of the molecule is CSCCOCCC(=O)NCCOC(=O)NCCCCCCOP(C)(O)=S. The summed E-state index contributed by atoms with van der Waals surface area (Å²) in [5, 5.41) is 5.33. The second-order valence-corrected chi connectivity index (χ2v) is 10.7. The zero-order valence-electron chi connectivity index (χ0n) is 16.2. The van der Waals surface area contributed by atoms with E-state index in [2.05, 4.69) is 10.6 Å². The fourth-order valence-corrected chi connectivity index (χ4v) is 2.86. The van der Waals surface area contributed by atoms with Crippen molar-refractivity contribution in [3.05, 3.63) is 0 Å². The van der Waals surface area contributed by atoms with E-state index in [9.17, 15) is 14.5 Å². The monoisotopic (exact) mass is 444 g/mol. The topological polar surface area (TPSA) is 106 Å². The number of carbonyl (C=O) groups is 2. The van der Waals surface area contributed by atoms with E-state index in [1.54, 1.807) is 11.8 Å². The van der Waals surface area contributed by atoms with Crippen LogP contribution in [0.4, 0.5) is 4.79 Å². The van der Waals surface area contributed by atoms with E-state index in [1.165, 1.54) is 6.66 Å². The third-order valence-electron chi connectivity index (χ3n) is 3.23. The molecular weight excluding hydrogens is 411 g/mol. The molecule has 0 aliphatic rings. The number of unbranched alkanes of at least 4 members (excludes halogenated alkanes) is 3. The highest BCUT2D eigenvalue weighted by Crippen LogP contribution is 2.37. The molecule has 0 aromatic rings. The van der Waals surface area contributed by atoms with Crippen molar-refractivity contribution in [1.82, 2.24) is 10.6 Å². The molecule has 0 heterocycles. The van der Waals surface area contributed by atoms with Crippen molar-refractivity contribution in [1.29, 1.82) is 0 Å². The number of rotatable bonds is 17. The van der Waals surface area contributed by atoms with E-state index in [0.717, 1.165) is 31.4 Å². The Labute approximate surface area is 171 Å². The van der Waals surface area contributed by atoms with Crippen molar-refractivity contribution in [3.8, 4) is 0 Å². The average molecular weight is 445 g/mol. The molecule has 27 heavy (non-hydrogen) atoms. The molecule has 0 fully saturated rings. The molecular formula is C16H33N2O6PS2. The van der Waals surface area contributed by atoms with Crippen LogP contribution in [-0.2, 0) is 30.6 Å². The second-order valence-electron chi connectivity index (χ2n) is 5.82. The van der Waals surface area contributed by atoms with Crippen LogP contribution in [0.3, 0.4) is 0 Å². The van der Waals surface area contributed by atoms with Crippen LogP contribution in [0.5, 0.6) is 0 Å². The van der Waals surface area contributed by atoms with E-state index < -0.39 is 12.6 Å². The van der Waals surface area contributed by atoms with Gasteiger partial charge < -0.3 is 29.5 Å². The van der Waals surface area contributed by atoms with Gasteiger partial charge in [0.15, 0.2) is 6.49 Å². The Kier molecular flexibility index (Phi) is 17.5. The number of alkyl carbamates (subject to hydrolysis) is 1. The molecule has 0 aliphatic heterocycles. The Morgan fingerprint density at radius 1 is 1.04 bits per heavy atom. The Bertz CT molecular complexity index is 451. The summed E-state index contributed by atoms with van der Waals surface area (Å²) in [4.78, 5) is 32.3. The molecule has 1 atom stereocenters. The van der Waals surface area contributed by atoms with Crippen LogP contribution in [-0.4, -0.2) is 75.1 Å². The third-order valence-corrected chi connectivity index (χ3v) is 4.79. The molecule has 0 saturated carbocycles. The normalized spacial score (nSPS) is 13.0. The van der Waals surface area contributed by atoms with E-state index in [4.69, 9.17) is 25.8 Å². The van der Waals surface area contributed by atoms with Crippen molar-refractivity contribution < 1.29 is 28.5 Å². The highest BCUT2D eigenvalue weighted by atomic mass is 32.5. The molecule has 3 N–H and O–H groups in total. The summed E-state index contributed by atoms with van der Waals surface area (Å²) < 4.78 is 15.4. The predicted molar refractivity (Wildman–Crippen MR) is 113 cm³/mol. The zero-order chi connectivity index (χ0) is 20.4. The van der Waals surface area contributed by atoms with E-state index >= 15 is 0 Å². The minimum absolute atomic E-state index is 0.119. The lowest BCUT2D eigenvalue weighted by molar-refractivity contribution is -0.122. The summed E-state index contributed by atoms with van der Waals surface area (Å²) in [6.07, 6.45) is 5.37. The quantitative estimate of drug-likeness (QED) is 0.231. The number of thioether (sulfide) groups is 1. The molecule has 0 aromatic heterocycles. The number of hydrogen-bond acceptors (Lipinski definition) is 7. The summed E-state index contributed by atoms with van der Waals surface area (Å²) in [6.45, 7) is 1.44. The minimum Gasteiger partial charge on any atom is -0.448 e. The molecule has 0 rings (SSSR count). The number of ether oxygens (including phenoxy) is 2. The molecule has 0 radical (unpaired) electrons. The Morgan fingerprint density at radius 2 is 1.78 bits per heavy atom. The van der Waals surface area contributed by atoms with Gasteiger partial charge in [0.05, 0.1) is 26.4 Å². The lowest BCUT2D eigenvalue weighted by Gasteiger charge is -2.10. The van der Waals surface area contributed by atoms with Gasteiger partial charge in [0.2, 0.25) is 5.91 Å². The van der Waals surface area contributed by atoms with Crippen LogP contribution in [0.2, 0.25) is 0 Å². The Hall–Kier alpha value is -0.380. The minimum atomic E-state index is -2.54. The first kappa shape index (κ1) is 26.6. The molecule has 0 bridgehead atoms. The highest BCUT2D eigenvalue weighted by Gasteiger charge is 2.05. The van der Waals surface area contributed by atoms with Gasteiger partial charge in [-0.3, -0.25) is 4.79 Å². The maximum Gasteiger partial charge on any atom is 0.407 e. The largest absolute Gasteiger partial charge is 0.448 e. The van der Waals surface area contributed by atoms with Crippen molar-refractivity contribution in [2.24, 2.45) is 0 Å². The number of amides is 2. The van der Waals surface area contributed by atoms with Gasteiger partial charge in [-0.25, -0.2) is 4.79 Å². The van der Waals surface area contributed by atoms with E-state index in [-0.39, 0.29) is 19.1 Å². The van der Waals surface area contributed by atoms with Crippen molar-refractivity contribution >= 4 is 42.1 Å². The van der Waals surface area contributed by atoms with Gasteiger partial charge >= 0.3 is 6.09 Å². The fraction of sp³-hybridized carbons (Fsp3) is 0.875. The molecule has 11 heteroatoms. The third kappa shape index (κ3) is 21.8. The van der Waals surface area contributed by atoms with Crippen LogP contribution in [0.1, 0.15) is 32.1 Å². The van der Waals surface area contributed by atoms with E-state index in [1.807, 2.05) is 6.26 Å². The molecule has 0 saturated heterocycles. The first-order chi connectivity index (χ1) is 12.8. The number of carbonyl (C=O) groups excluding carboxylic acids is 2. The van der Waals surface area contributed by atoms with Gasteiger partial charge in [0.1, 0.15) is 6.61 Å². The van der Waals surface area contributed by atoms with Crippen LogP contribution in [0.25, 0.3) is 0 Å². The van der Waals surface area contributed by atoms with Gasteiger partial charge in [-0.15, -0.1) is 0 Å². The smallest absolute Gasteiger partial charge is 0.407 e. The van der Waals surface area contributed by atoms with Gasteiger partial charge in [-0.05, 0) is 30.9 Å². The second kappa shape index (κ2) is 17.7. The average Bonchev–Trinajstić information content (AvgIpc) is 2.60. The molecule has 0 spiro atoms. The molecule has 8 nitrogen and oxygen atoms in total. The Morgan fingerprint density at radius 3 is 2.48 bits per heavy atom. The fourth-order valence-electron chi connectivity index (χ4n) is 1.89. The molecule has 2 amide bonds. The maximum absolute atomic E-state index is 11.5. The Balaban J connectivity index is 3.37. The zero-order valence-corrected chi connectivity index (χ0v) is 18.8. The predicted octanol–water partition coefficient (Wildman–Crippen LogP) is 2.11. The summed E-state index contributed by atoms with van der Waals surface area (Å²) in [6, 6.07) is 0. The standard InChI is InChI=1S/C16H33N2O6PS2/c1-25(21,26)24-10-6-4-3-5-8-18-16(20)23-12-9-17-15(19)7-11-22-13-14-27-2/h3-14H2,1-2H3,(H,17,19)(H,18,20)(H,21,26). The summed E-state index contributed by atoms with van der Waals surface area (Å²) in [7, 11) is 0. The number of nitrogens with one attached hydrogen (secondary N) is 2. The van der Waals surface area contributed by atoms with Crippen LogP contribution >= 0.6 is 18.3 Å². The van der Waals surface area contributed by atoms with Crippen LogP contribution in [0.15, 0.2) is 0 Å². The van der Waals surface area contributed by atoms with Crippen molar-refractivity contribution in [2.45, 2.75) is 32.1 Å². The van der Waals surface area contributed by atoms with Crippen LogP contribution in [0, 0.1) is 0 Å². The molecule has 160 valence electrons. The van der Waals surface area contributed by atoms with Crippen molar-refractivity contribution in [2.75, 3.05) is 58.2 Å². The highest BCUT2D eigenvalue weighted by molar-refractivity contribution is 8.09. The number of hydrogen-bond donors (Lipinski definition) is 3. The van der Waals surface area contributed by atoms with Gasteiger partial charge in [-0.1, -0.05) is 12.8 Å². The maximum atomic E-state index is 11.5. The molecule has 0 aliphatic carbocycles. The van der Waals surface area contributed by atoms with E-state index in [0.29, 0.717) is 32.8 Å². The summed E-state index contributed by atoms with van der Waals surface area (Å²) in [5.74, 6) is 0.796. The van der Waals surface area contributed by atoms with Gasteiger partial charge in [-0.2, -0.15) is 11.8 Å². The molecule has 0 aromatic carbocycles. The molecule has 1 unspecified atom stereocenters. The van der Waals surface area contributed by atoms with Crippen LogP contribution < -0.4 is 10.6 Å². The summed E-state index contributed by atoms with van der Waals surface area (Å²) >= 11 is 6.47. The first-order valence-corrected chi connectivity index (χ1v) is 13.6. The first-order valence-electron chi connectivity index (χ1n) is 9.04. The lowest BCUT2D eigenvalue weighted by Crippen LogP contribution is -2.31. The van der Waals surface area contributed by atoms with Gasteiger partial charge in [0.25, 0.3) is 0 Å². The van der Waals surface area contributed by atoms with Gasteiger partial charge in [0, 0.05) is 25.4 Å².